The van der Waals surface area contributed by atoms with Gasteiger partial charge in [-0.3, -0.25) is 9.59 Å². The fourth-order valence-electron chi connectivity index (χ4n) is 1.94. The molecular weight excluding hydrogens is 328 g/mol. The topological polar surface area (TPSA) is 71.3 Å². The van der Waals surface area contributed by atoms with Crippen LogP contribution in [-0.4, -0.2) is 18.4 Å². The van der Waals surface area contributed by atoms with Crippen LogP contribution in [0.2, 0.25) is 5.02 Å². The second kappa shape index (κ2) is 8.93. The Bertz CT molecular complexity index is 706. The molecule has 6 heteroatoms. The summed E-state index contributed by atoms with van der Waals surface area (Å²) in [5.41, 5.74) is 0.534. The Morgan fingerprint density at radius 1 is 1.21 bits per heavy atom. The number of furan rings is 1. The molecule has 2 aromatic rings. The normalized spacial score (nSPS) is 11.2. The van der Waals surface area contributed by atoms with Crippen molar-refractivity contribution in [3.8, 4) is 0 Å². The van der Waals surface area contributed by atoms with Crippen LogP contribution in [0.3, 0.4) is 0 Å². The molecule has 126 valence electrons. The van der Waals surface area contributed by atoms with Crippen molar-refractivity contribution in [1.29, 1.82) is 0 Å². The standard InChI is InChI=1S/C18H19ClN2O3/c1-2-3-10-20-18(23)16(12-15-5-4-11-24-15)21-17(22)13-6-8-14(19)9-7-13/h4-9,11-12H,2-3,10H2,1H3,(H,20,23)(H,21,22)/b16-12+. The minimum atomic E-state index is -0.393. The van der Waals surface area contributed by atoms with E-state index in [4.69, 9.17) is 16.0 Å². The number of benzene rings is 1. The third-order valence-electron chi connectivity index (χ3n) is 3.24. The van der Waals surface area contributed by atoms with Crippen molar-refractivity contribution in [3.05, 3.63) is 64.7 Å². The number of rotatable bonds is 7. The molecule has 0 bridgehead atoms. The zero-order valence-corrected chi connectivity index (χ0v) is 14.1. The first-order chi connectivity index (χ1) is 11.6. The van der Waals surface area contributed by atoms with Crippen LogP contribution in [0, 0.1) is 0 Å². The van der Waals surface area contributed by atoms with E-state index in [-0.39, 0.29) is 11.6 Å². The van der Waals surface area contributed by atoms with Crippen molar-refractivity contribution in [3.63, 3.8) is 0 Å². The Morgan fingerprint density at radius 3 is 2.58 bits per heavy atom. The molecule has 1 heterocycles. The molecule has 0 radical (unpaired) electrons. The molecule has 0 unspecified atom stereocenters. The molecular formula is C18H19ClN2O3. The minimum absolute atomic E-state index is 0.126. The number of carbonyl (C=O) groups is 2. The Kier molecular flexibility index (Phi) is 6.63. The summed E-state index contributed by atoms with van der Waals surface area (Å²) >= 11 is 5.82. The van der Waals surface area contributed by atoms with Gasteiger partial charge in [-0.25, -0.2) is 0 Å². The van der Waals surface area contributed by atoms with E-state index in [9.17, 15) is 9.59 Å². The van der Waals surface area contributed by atoms with Gasteiger partial charge in [-0.2, -0.15) is 0 Å². The molecule has 0 saturated heterocycles. The molecule has 0 fully saturated rings. The average Bonchev–Trinajstić information content (AvgIpc) is 3.08. The zero-order chi connectivity index (χ0) is 17.4. The fraction of sp³-hybridized carbons (Fsp3) is 0.222. The van der Waals surface area contributed by atoms with Crippen molar-refractivity contribution < 1.29 is 14.0 Å². The maximum atomic E-state index is 12.3. The molecule has 0 aliphatic carbocycles. The summed E-state index contributed by atoms with van der Waals surface area (Å²) in [5, 5.41) is 5.94. The van der Waals surface area contributed by atoms with Gasteiger partial charge in [0.05, 0.1) is 6.26 Å². The van der Waals surface area contributed by atoms with Crippen LogP contribution in [0.5, 0.6) is 0 Å². The second-order valence-electron chi connectivity index (χ2n) is 5.14. The number of nitrogens with one attached hydrogen (secondary N) is 2. The molecule has 0 spiro atoms. The minimum Gasteiger partial charge on any atom is -0.465 e. The first-order valence-electron chi connectivity index (χ1n) is 7.70. The van der Waals surface area contributed by atoms with Gasteiger partial charge in [-0.15, -0.1) is 0 Å². The van der Waals surface area contributed by atoms with E-state index in [1.807, 2.05) is 6.92 Å². The molecule has 0 aliphatic rings. The second-order valence-corrected chi connectivity index (χ2v) is 5.58. The van der Waals surface area contributed by atoms with Gasteiger partial charge >= 0.3 is 0 Å². The van der Waals surface area contributed by atoms with E-state index in [1.165, 1.54) is 12.3 Å². The van der Waals surface area contributed by atoms with Gasteiger partial charge in [0.2, 0.25) is 0 Å². The average molecular weight is 347 g/mol. The van der Waals surface area contributed by atoms with Gasteiger partial charge in [0, 0.05) is 23.2 Å². The van der Waals surface area contributed by atoms with E-state index in [0.29, 0.717) is 22.9 Å². The Labute approximate surface area is 145 Å². The van der Waals surface area contributed by atoms with Crippen LogP contribution in [-0.2, 0) is 4.79 Å². The Balaban J connectivity index is 2.14. The largest absolute Gasteiger partial charge is 0.465 e. The fourth-order valence-corrected chi connectivity index (χ4v) is 2.07. The first kappa shape index (κ1) is 17.8. The highest BCUT2D eigenvalue weighted by molar-refractivity contribution is 6.30. The Morgan fingerprint density at radius 2 is 1.96 bits per heavy atom. The van der Waals surface area contributed by atoms with Crippen molar-refractivity contribution in [1.82, 2.24) is 10.6 Å². The molecule has 0 atom stereocenters. The summed E-state index contributed by atoms with van der Waals surface area (Å²) in [7, 11) is 0. The first-order valence-corrected chi connectivity index (χ1v) is 8.08. The summed E-state index contributed by atoms with van der Waals surface area (Å²) in [5.74, 6) is -0.274. The van der Waals surface area contributed by atoms with Crippen molar-refractivity contribution in [2.24, 2.45) is 0 Å². The van der Waals surface area contributed by atoms with E-state index in [1.54, 1.807) is 36.4 Å². The molecule has 0 aliphatic heterocycles. The lowest BCUT2D eigenvalue weighted by Gasteiger charge is -2.10. The quantitative estimate of drug-likeness (QED) is 0.594. The van der Waals surface area contributed by atoms with Crippen LogP contribution in [0.25, 0.3) is 6.08 Å². The molecule has 0 saturated carbocycles. The predicted octanol–water partition coefficient (Wildman–Crippen LogP) is 3.62. The van der Waals surface area contributed by atoms with Crippen molar-refractivity contribution in [2.45, 2.75) is 19.8 Å². The van der Waals surface area contributed by atoms with Gasteiger partial charge in [-0.1, -0.05) is 24.9 Å². The number of unbranched alkanes of at least 4 members (excludes halogenated alkanes) is 1. The lowest BCUT2D eigenvalue weighted by atomic mass is 10.2. The van der Waals surface area contributed by atoms with E-state index < -0.39 is 5.91 Å². The number of hydrogen-bond acceptors (Lipinski definition) is 3. The van der Waals surface area contributed by atoms with Gasteiger partial charge in [0.25, 0.3) is 11.8 Å². The van der Waals surface area contributed by atoms with Gasteiger partial charge in [0.1, 0.15) is 11.5 Å². The van der Waals surface area contributed by atoms with E-state index in [0.717, 1.165) is 12.8 Å². The highest BCUT2D eigenvalue weighted by atomic mass is 35.5. The zero-order valence-electron chi connectivity index (χ0n) is 13.3. The lowest BCUT2D eigenvalue weighted by molar-refractivity contribution is -0.117. The third kappa shape index (κ3) is 5.28. The summed E-state index contributed by atoms with van der Waals surface area (Å²) in [6, 6.07) is 9.84. The van der Waals surface area contributed by atoms with Gasteiger partial charge in [-0.05, 0) is 42.8 Å². The van der Waals surface area contributed by atoms with Crippen LogP contribution in [0.1, 0.15) is 35.9 Å². The Hall–Kier alpha value is -2.53. The molecule has 2 amide bonds. The molecule has 2 N–H and O–H groups in total. The monoisotopic (exact) mass is 346 g/mol. The summed E-state index contributed by atoms with van der Waals surface area (Å²) in [6.45, 7) is 2.58. The SMILES string of the molecule is CCCCNC(=O)/C(=C\c1ccco1)NC(=O)c1ccc(Cl)cc1. The molecule has 1 aromatic heterocycles. The van der Waals surface area contributed by atoms with Crippen molar-refractivity contribution >= 4 is 29.5 Å². The van der Waals surface area contributed by atoms with Gasteiger partial charge < -0.3 is 15.1 Å². The van der Waals surface area contributed by atoms with Crippen LogP contribution in [0.4, 0.5) is 0 Å². The highest BCUT2D eigenvalue weighted by Gasteiger charge is 2.15. The third-order valence-corrected chi connectivity index (χ3v) is 3.50. The summed E-state index contributed by atoms with van der Waals surface area (Å²) in [6.07, 6.45) is 4.83. The smallest absolute Gasteiger partial charge is 0.267 e. The maximum Gasteiger partial charge on any atom is 0.267 e. The van der Waals surface area contributed by atoms with E-state index in [2.05, 4.69) is 10.6 Å². The number of amides is 2. The number of hydrogen-bond donors (Lipinski definition) is 2. The van der Waals surface area contributed by atoms with Crippen LogP contribution >= 0.6 is 11.6 Å². The molecule has 24 heavy (non-hydrogen) atoms. The summed E-state index contributed by atoms with van der Waals surface area (Å²) < 4.78 is 5.22. The van der Waals surface area contributed by atoms with Crippen LogP contribution in [0.15, 0.2) is 52.8 Å². The van der Waals surface area contributed by atoms with Crippen molar-refractivity contribution in [2.75, 3.05) is 6.54 Å². The summed E-state index contributed by atoms with van der Waals surface area (Å²) in [4.78, 5) is 24.6. The number of carbonyl (C=O) groups excluding carboxylic acids is 2. The molecule has 5 nitrogen and oxygen atoms in total. The molecule has 1 aromatic carbocycles. The maximum absolute atomic E-state index is 12.3. The molecule has 2 rings (SSSR count). The highest BCUT2D eigenvalue weighted by Crippen LogP contribution is 2.11. The predicted molar refractivity (Wildman–Crippen MR) is 93.5 cm³/mol. The lowest BCUT2D eigenvalue weighted by Crippen LogP contribution is -2.35. The number of halogens is 1. The van der Waals surface area contributed by atoms with E-state index >= 15 is 0 Å². The van der Waals surface area contributed by atoms with Gasteiger partial charge in [0.15, 0.2) is 0 Å². The van der Waals surface area contributed by atoms with Crippen LogP contribution < -0.4 is 10.6 Å².